The Morgan fingerprint density at radius 2 is 1.61 bits per heavy atom. The van der Waals surface area contributed by atoms with Crippen molar-refractivity contribution in [1.29, 1.82) is 0 Å². The predicted octanol–water partition coefficient (Wildman–Crippen LogP) is 4.93. The van der Waals surface area contributed by atoms with Crippen LogP contribution in [0.5, 0.6) is 17.2 Å². The summed E-state index contributed by atoms with van der Waals surface area (Å²) in [7, 11) is 1.64. The Kier molecular flexibility index (Phi) is 4.43. The summed E-state index contributed by atoms with van der Waals surface area (Å²) >= 11 is 0. The molecule has 0 atom stereocenters. The zero-order valence-electron chi connectivity index (χ0n) is 13.1. The van der Waals surface area contributed by atoms with Crippen molar-refractivity contribution >= 4 is 11.4 Å². The molecule has 3 rings (SSSR count). The van der Waals surface area contributed by atoms with E-state index >= 15 is 0 Å². The molecule has 116 valence electrons. The van der Waals surface area contributed by atoms with Crippen molar-refractivity contribution in [2.24, 2.45) is 0 Å². The third-order valence-corrected chi connectivity index (χ3v) is 3.48. The van der Waals surface area contributed by atoms with E-state index in [4.69, 9.17) is 9.47 Å². The van der Waals surface area contributed by atoms with Crippen LogP contribution < -0.4 is 14.8 Å². The number of anilines is 2. The van der Waals surface area contributed by atoms with Crippen LogP contribution in [-0.2, 0) is 0 Å². The van der Waals surface area contributed by atoms with Gasteiger partial charge >= 0.3 is 0 Å². The van der Waals surface area contributed by atoms with Gasteiger partial charge in [-0.1, -0.05) is 12.1 Å². The molecule has 0 fully saturated rings. The highest BCUT2D eigenvalue weighted by atomic mass is 16.5. The number of pyridine rings is 1. The molecule has 0 saturated carbocycles. The molecule has 2 aromatic carbocycles. The lowest BCUT2D eigenvalue weighted by atomic mass is 10.2. The second-order valence-electron chi connectivity index (χ2n) is 5.09. The van der Waals surface area contributed by atoms with Crippen LogP contribution in [0.15, 0.2) is 67.0 Å². The molecular weight excluding hydrogens is 288 g/mol. The van der Waals surface area contributed by atoms with Crippen LogP contribution in [0, 0.1) is 6.92 Å². The van der Waals surface area contributed by atoms with Gasteiger partial charge in [0, 0.05) is 6.20 Å². The standard InChI is InChI=1S/C19H18N2O2/c1-14-11-12-20-13-18(14)21-17-5-3-4-6-19(17)23-16-9-7-15(22-2)8-10-16/h3-13,21H,1-2H3. The SMILES string of the molecule is COc1ccc(Oc2ccccc2Nc2cnccc2C)cc1. The highest BCUT2D eigenvalue weighted by Gasteiger charge is 2.06. The highest BCUT2D eigenvalue weighted by Crippen LogP contribution is 2.32. The van der Waals surface area contributed by atoms with E-state index < -0.39 is 0 Å². The molecule has 0 radical (unpaired) electrons. The van der Waals surface area contributed by atoms with E-state index in [0.29, 0.717) is 0 Å². The predicted molar refractivity (Wildman–Crippen MR) is 91.8 cm³/mol. The van der Waals surface area contributed by atoms with Crippen molar-refractivity contribution < 1.29 is 9.47 Å². The summed E-state index contributed by atoms with van der Waals surface area (Å²) in [6, 6.07) is 17.3. The number of hydrogen-bond acceptors (Lipinski definition) is 4. The molecule has 4 heteroatoms. The number of nitrogens with one attached hydrogen (secondary N) is 1. The summed E-state index contributed by atoms with van der Waals surface area (Å²) in [5, 5.41) is 3.37. The van der Waals surface area contributed by atoms with Crippen LogP contribution in [0.4, 0.5) is 11.4 Å². The van der Waals surface area contributed by atoms with E-state index in [9.17, 15) is 0 Å². The minimum Gasteiger partial charge on any atom is -0.497 e. The Labute approximate surface area is 135 Å². The molecule has 0 saturated heterocycles. The first-order valence-corrected chi connectivity index (χ1v) is 7.35. The first kappa shape index (κ1) is 14.9. The summed E-state index contributed by atoms with van der Waals surface area (Å²) in [6.45, 7) is 2.04. The zero-order chi connectivity index (χ0) is 16.1. The van der Waals surface area contributed by atoms with Gasteiger partial charge in [0.15, 0.2) is 5.75 Å². The van der Waals surface area contributed by atoms with E-state index in [1.54, 1.807) is 19.5 Å². The molecule has 0 bridgehead atoms. The molecule has 0 aliphatic carbocycles. The van der Waals surface area contributed by atoms with E-state index in [0.717, 1.165) is 34.2 Å². The number of aryl methyl sites for hydroxylation is 1. The van der Waals surface area contributed by atoms with Gasteiger partial charge in [-0.2, -0.15) is 0 Å². The number of rotatable bonds is 5. The molecule has 0 amide bonds. The van der Waals surface area contributed by atoms with Crippen LogP contribution in [0.25, 0.3) is 0 Å². The van der Waals surface area contributed by atoms with Crippen molar-refractivity contribution in [3.63, 3.8) is 0 Å². The third-order valence-electron chi connectivity index (χ3n) is 3.48. The van der Waals surface area contributed by atoms with Crippen LogP contribution >= 0.6 is 0 Å². The average molecular weight is 306 g/mol. The third kappa shape index (κ3) is 3.61. The molecule has 0 aliphatic rings. The topological polar surface area (TPSA) is 43.4 Å². The Bertz CT molecular complexity index is 785. The molecule has 0 aliphatic heterocycles. The molecule has 0 unspecified atom stereocenters. The Balaban J connectivity index is 1.84. The number of ether oxygens (including phenoxy) is 2. The average Bonchev–Trinajstić information content (AvgIpc) is 2.59. The normalized spacial score (nSPS) is 10.2. The second-order valence-corrected chi connectivity index (χ2v) is 5.09. The van der Waals surface area contributed by atoms with Gasteiger partial charge in [-0.25, -0.2) is 0 Å². The van der Waals surface area contributed by atoms with Gasteiger partial charge in [0.05, 0.1) is 24.7 Å². The van der Waals surface area contributed by atoms with Gasteiger partial charge < -0.3 is 14.8 Å². The monoisotopic (exact) mass is 306 g/mol. The summed E-state index contributed by atoms with van der Waals surface area (Å²) in [6.07, 6.45) is 3.58. The summed E-state index contributed by atoms with van der Waals surface area (Å²) < 4.78 is 11.1. The molecule has 3 aromatic rings. The number of methoxy groups -OCH3 is 1. The summed E-state index contributed by atoms with van der Waals surface area (Å²) in [5.74, 6) is 2.30. The van der Waals surface area contributed by atoms with Crippen molar-refractivity contribution in [3.8, 4) is 17.2 Å². The summed E-state index contributed by atoms with van der Waals surface area (Å²) in [4.78, 5) is 4.16. The van der Waals surface area contributed by atoms with Crippen molar-refractivity contribution in [2.45, 2.75) is 6.92 Å². The number of para-hydroxylation sites is 2. The lowest BCUT2D eigenvalue weighted by molar-refractivity contribution is 0.413. The van der Waals surface area contributed by atoms with Gasteiger partial charge in [0.2, 0.25) is 0 Å². The zero-order valence-corrected chi connectivity index (χ0v) is 13.1. The van der Waals surface area contributed by atoms with E-state index in [2.05, 4.69) is 10.3 Å². The fourth-order valence-corrected chi connectivity index (χ4v) is 2.17. The van der Waals surface area contributed by atoms with E-state index in [1.807, 2.05) is 61.5 Å². The van der Waals surface area contributed by atoms with E-state index in [-0.39, 0.29) is 0 Å². The first-order chi connectivity index (χ1) is 11.3. The molecule has 1 aromatic heterocycles. The quantitative estimate of drug-likeness (QED) is 0.725. The molecule has 0 spiro atoms. The van der Waals surface area contributed by atoms with Gasteiger partial charge in [-0.3, -0.25) is 4.98 Å². The van der Waals surface area contributed by atoms with Crippen LogP contribution in [-0.4, -0.2) is 12.1 Å². The van der Waals surface area contributed by atoms with Crippen LogP contribution in [0.3, 0.4) is 0 Å². The fraction of sp³-hybridized carbons (Fsp3) is 0.105. The van der Waals surface area contributed by atoms with Crippen molar-refractivity contribution in [3.05, 3.63) is 72.6 Å². The summed E-state index contributed by atoms with van der Waals surface area (Å²) in [5.41, 5.74) is 2.97. The van der Waals surface area contributed by atoms with Crippen molar-refractivity contribution in [1.82, 2.24) is 4.98 Å². The molecule has 1 N–H and O–H groups in total. The molecule has 4 nitrogen and oxygen atoms in total. The smallest absolute Gasteiger partial charge is 0.150 e. The molecular formula is C19H18N2O2. The number of nitrogens with zero attached hydrogens (tertiary/aromatic N) is 1. The van der Waals surface area contributed by atoms with Gasteiger partial charge in [-0.15, -0.1) is 0 Å². The lowest BCUT2D eigenvalue weighted by Gasteiger charge is -2.14. The Morgan fingerprint density at radius 3 is 2.35 bits per heavy atom. The van der Waals surface area contributed by atoms with Gasteiger partial charge in [-0.05, 0) is 55.0 Å². The van der Waals surface area contributed by atoms with Crippen molar-refractivity contribution in [2.75, 3.05) is 12.4 Å². The van der Waals surface area contributed by atoms with Gasteiger partial charge in [0.1, 0.15) is 11.5 Å². The Morgan fingerprint density at radius 1 is 0.870 bits per heavy atom. The lowest BCUT2D eigenvalue weighted by Crippen LogP contribution is -1.96. The molecule has 1 heterocycles. The maximum absolute atomic E-state index is 5.98. The van der Waals surface area contributed by atoms with Gasteiger partial charge in [0.25, 0.3) is 0 Å². The molecule has 23 heavy (non-hydrogen) atoms. The minimum atomic E-state index is 0.751. The van der Waals surface area contributed by atoms with E-state index in [1.165, 1.54) is 0 Å². The minimum absolute atomic E-state index is 0.751. The van der Waals surface area contributed by atoms with Crippen LogP contribution in [0.1, 0.15) is 5.56 Å². The number of hydrogen-bond donors (Lipinski definition) is 1. The largest absolute Gasteiger partial charge is 0.497 e. The highest BCUT2D eigenvalue weighted by molar-refractivity contribution is 5.68. The Hall–Kier alpha value is -3.01. The second kappa shape index (κ2) is 6.83. The maximum atomic E-state index is 5.98. The first-order valence-electron chi connectivity index (χ1n) is 7.35. The number of benzene rings is 2. The number of aromatic nitrogens is 1. The fourth-order valence-electron chi connectivity index (χ4n) is 2.17. The maximum Gasteiger partial charge on any atom is 0.150 e. The van der Waals surface area contributed by atoms with Crippen LogP contribution in [0.2, 0.25) is 0 Å².